The van der Waals surface area contributed by atoms with Crippen LogP contribution in [-0.2, 0) is 4.74 Å². The molecular formula is C18H33N5O2S. The highest BCUT2D eigenvalue weighted by atomic mass is 32.1. The Morgan fingerprint density at radius 1 is 1.35 bits per heavy atom. The topological polar surface area (TPSA) is 87.6 Å². The van der Waals surface area contributed by atoms with Gasteiger partial charge in [-0.2, -0.15) is 0 Å². The predicted molar refractivity (Wildman–Crippen MR) is 108 cm³/mol. The summed E-state index contributed by atoms with van der Waals surface area (Å²) in [6.07, 6.45) is 0. The van der Waals surface area contributed by atoms with E-state index in [-0.39, 0.29) is 17.6 Å². The van der Waals surface area contributed by atoms with Crippen molar-refractivity contribution >= 4 is 23.3 Å². The van der Waals surface area contributed by atoms with Crippen molar-refractivity contribution in [2.45, 2.75) is 60.0 Å². The Hall–Kier alpha value is -1.67. The molecule has 0 aromatic carbocycles. The molecule has 0 aliphatic rings. The summed E-state index contributed by atoms with van der Waals surface area (Å²) in [5, 5.41) is 10.8. The summed E-state index contributed by atoms with van der Waals surface area (Å²) >= 11 is 1.36. The van der Waals surface area contributed by atoms with Crippen molar-refractivity contribution in [1.82, 2.24) is 20.9 Å². The van der Waals surface area contributed by atoms with Gasteiger partial charge in [-0.3, -0.25) is 4.99 Å². The molecule has 0 saturated carbocycles. The smallest absolute Gasteiger partial charge is 0.350 e. The van der Waals surface area contributed by atoms with Crippen molar-refractivity contribution in [3.8, 4) is 0 Å². The first kappa shape index (κ1) is 22.4. The molecular weight excluding hydrogens is 350 g/mol. The van der Waals surface area contributed by atoms with E-state index < -0.39 is 0 Å². The lowest BCUT2D eigenvalue weighted by atomic mass is 10.1. The van der Waals surface area contributed by atoms with E-state index in [1.807, 2.05) is 20.8 Å². The SMILES string of the molecule is CCNC(=NCCNC(C)(C)C)NC(C)c1nc(C)c(C(=O)OCC)s1. The van der Waals surface area contributed by atoms with E-state index in [0.29, 0.717) is 23.7 Å². The number of hydrogen-bond acceptors (Lipinski definition) is 6. The fourth-order valence-electron chi connectivity index (χ4n) is 2.17. The Kier molecular flexibility index (Phi) is 9.01. The van der Waals surface area contributed by atoms with E-state index in [1.54, 1.807) is 6.92 Å². The Bertz CT molecular complexity index is 607. The number of aryl methyl sites for hydroxylation is 1. The van der Waals surface area contributed by atoms with E-state index in [2.05, 4.69) is 46.7 Å². The van der Waals surface area contributed by atoms with Gasteiger partial charge in [0.15, 0.2) is 5.96 Å². The standard InChI is InChI=1S/C18H33N5O2S/c1-8-19-17(20-10-11-21-18(5,6)7)23-13(4)15-22-12(3)14(26-15)16(24)25-9-2/h13,21H,8-11H2,1-7H3,(H2,19,20,23). The highest BCUT2D eigenvalue weighted by Crippen LogP contribution is 2.24. The number of esters is 1. The third-order valence-electron chi connectivity index (χ3n) is 3.38. The van der Waals surface area contributed by atoms with Crippen molar-refractivity contribution in [3.63, 3.8) is 0 Å². The lowest BCUT2D eigenvalue weighted by Crippen LogP contribution is -2.40. The van der Waals surface area contributed by atoms with Crippen LogP contribution in [0.2, 0.25) is 0 Å². The minimum atomic E-state index is -0.310. The molecule has 1 atom stereocenters. The van der Waals surface area contributed by atoms with Crippen LogP contribution in [0.15, 0.2) is 4.99 Å². The van der Waals surface area contributed by atoms with Crippen molar-refractivity contribution < 1.29 is 9.53 Å². The molecule has 26 heavy (non-hydrogen) atoms. The fourth-order valence-corrected chi connectivity index (χ4v) is 3.14. The number of ether oxygens (including phenoxy) is 1. The first-order valence-electron chi connectivity index (χ1n) is 9.12. The molecule has 3 N–H and O–H groups in total. The number of rotatable bonds is 8. The lowest BCUT2D eigenvalue weighted by Gasteiger charge is -2.20. The molecule has 0 bridgehead atoms. The molecule has 0 amide bonds. The normalized spacial score (nSPS) is 13.4. The molecule has 1 aromatic heterocycles. The number of nitrogens with one attached hydrogen (secondary N) is 3. The molecule has 148 valence electrons. The average molecular weight is 384 g/mol. The number of carbonyl (C=O) groups excluding carboxylic acids is 1. The minimum absolute atomic E-state index is 0.0600. The van der Waals surface area contributed by atoms with Crippen LogP contribution >= 0.6 is 11.3 Å². The monoisotopic (exact) mass is 383 g/mol. The molecule has 7 nitrogen and oxygen atoms in total. The number of carbonyl (C=O) groups is 1. The summed E-state index contributed by atoms with van der Waals surface area (Å²) in [4.78, 5) is 21.6. The first-order chi connectivity index (χ1) is 12.2. The third-order valence-corrected chi connectivity index (χ3v) is 4.70. The van der Waals surface area contributed by atoms with Crippen LogP contribution in [0.5, 0.6) is 0 Å². The Balaban J connectivity index is 2.73. The second-order valence-electron chi connectivity index (χ2n) is 6.99. The number of thiazole rings is 1. The predicted octanol–water partition coefficient (Wildman–Crippen LogP) is 2.63. The molecule has 1 aromatic rings. The second-order valence-corrected chi connectivity index (χ2v) is 8.02. The number of aromatic nitrogens is 1. The zero-order chi connectivity index (χ0) is 19.7. The summed E-state index contributed by atoms with van der Waals surface area (Å²) in [7, 11) is 0. The first-order valence-corrected chi connectivity index (χ1v) is 9.93. The van der Waals surface area contributed by atoms with E-state index in [1.165, 1.54) is 11.3 Å². The molecule has 0 saturated heterocycles. The molecule has 0 radical (unpaired) electrons. The highest BCUT2D eigenvalue weighted by Gasteiger charge is 2.20. The van der Waals surface area contributed by atoms with Crippen LogP contribution in [0, 0.1) is 6.92 Å². The molecule has 0 aliphatic heterocycles. The van der Waals surface area contributed by atoms with Gasteiger partial charge in [-0.25, -0.2) is 9.78 Å². The van der Waals surface area contributed by atoms with Gasteiger partial charge in [-0.05, 0) is 48.5 Å². The van der Waals surface area contributed by atoms with Crippen LogP contribution in [-0.4, -0.2) is 48.7 Å². The van der Waals surface area contributed by atoms with Crippen LogP contribution < -0.4 is 16.0 Å². The summed E-state index contributed by atoms with van der Waals surface area (Å²) in [5.74, 6) is 0.427. The maximum atomic E-state index is 12.0. The van der Waals surface area contributed by atoms with Gasteiger partial charge in [0.05, 0.1) is 24.9 Å². The molecule has 1 rings (SSSR count). The van der Waals surface area contributed by atoms with Crippen LogP contribution in [0.3, 0.4) is 0 Å². The molecule has 0 spiro atoms. The molecule has 1 heterocycles. The maximum Gasteiger partial charge on any atom is 0.350 e. The zero-order valence-corrected chi connectivity index (χ0v) is 17.8. The average Bonchev–Trinajstić information content (AvgIpc) is 2.93. The second kappa shape index (κ2) is 10.5. The van der Waals surface area contributed by atoms with E-state index >= 15 is 0 Å². The van der Waals surface area contributed by atoms with Crippen molar-refractivity contribution in [2.24, 2.45) is 4.99 Å². The molecule has 1 unspecified atom stereocenters. The number of aliphatic imine (C=N–C) groups is 1. The van der Waals surface area contributed by atoms with Gasteiger partial charge in [-0.15, -0.1) is 11.3 Å². The summed E-state index contributed by atoms with van der Waals surface area (Å²) in [6.45, 7) is 16.7. The van der Waals surface area contributed by atoms with Crippen LogP contribution in [0.4, 0.5) is 0 Å². The van der Waals surface area contributed by atoms with Gasteiger partial charge in [-0.1, -0.05) is 0 Å². The number of guanidine groups is 1. The third kappa shape index (κ3) is 7.70. The van der Waals surface area contributed by atoms with E-state index in [9.17, 15) is 4.79 Å². The van der Waals surface area contributed by atoms with Gasteiger partial charge in [0, 0.05) is 18.6 Å². The van der Waals surface area contributed by atoms with Crippen molar-refractivity contribution in [1.29, 1.82) is 0 Å². The Morgan fingerprint density at radius 2 is 2.04 bits per heavy atom. The van der Waals surface area contributed by atoms with Gasteiger partial charge in [0.25, 0.3) is 0 Å². The van der Waals surface area contributed by atoms with Crippen molar-refractivity contribution in [2.75, 3.05) is 26.2 Å². The zero-order valence-electron chi connectivity index (χ0n) is 17.0. The summed E-state index contributed by atoms with van der Waals surface area (Å²) in [6, 6.07) is -0.0600. The summed E-state index contributed by atoms with van der Waals surface area (Å²) < 4.78 is 5.08. The highest BCUT2D eigenvalue weighted by molar-refractivity contribution is 7.13. The van der Waals surface area contributed by atoms with Gasteiger partial charge in [0.2, 0.25) is 0 Å². The Morgan fingerprint density at radius 3 is 2.62 bits per heavy atom. The van der Waals surface area contributed by atoms with E-state index in [0.717, 1.165) is 24.1 Å². The Labute approximate surface area is 161 Å². The summed E-state index contributed by atoms with van der Waals surface area (Å²) in [5.41, 5.74) is 0.782. The molecule has 0 aliphatic carbocycles. The quantitative estimate of drug-likeness (QED) is 0.277. The molecule has 0 fully saturated rings. The fraction of sp³-hybridized carbons (Fsp3) is 0.722. The maximum absolute atomic E-state index is 12.0. The van der Waals surface area contributed by atoms with Gasteiger partial charge < -0.3 is 20.7 Å². The van der Waals surface area contributed by atoms with E-state index in [4.69, 9.17) is 4.74 Å². The number of hydrogen-bond donors (Lipinski definition) is 3. The van der Waals surface area contributed by atoms with Gasteiger partial charge >= 0.3 is 5.97 Å². The van der Waals surface area contributed by atoms with Crippen LogP contribution in [0.25, 0.3) is 0 Å². The van der Waals surface area contributed by atoms with Gasteiger partial charge in [0.1, 0.15) is 9.88 Å². The van der Waals surface area contributed by atoms with Crippen molar-refractivity contribution in [3.05, 3.63) is 15.6 Å². The van der Waals surface area contributed by atoms with Crippen LogP contribution in [0.1, 0.15) is 68.0 Å². The minimum Gasteiger partial charge on any atom is -0.462 e. The number of nitrogens with zero attached hydrogens (tertiary/aromatic N) is 2. The lowest BCUT2D eigenvalue weighted by molar-refractivity contribution is 0.0531. The molecule has 8 heteroatoms. The largest absolute Gasteiger partial charge is 0.462 e.